The molecule has 0 spiro atoms. The number of nitrogens with one attached hydrogen (secondary N) is 2. The van der Waals surface area contributed by atoms with Crippen molar-refractivity contribution in [2.24, 2.45) is 0 Å². The molecule has 3 rings (SSSR count). The van der Waals surface area contributed by atoms with Gasteiger partial charge in [-0.05, 0) is 42.0 Å². The van der Waals surface area contributed by atoms with E-state index >= 15 is 0 Å². The average Bonchev–Trinajstić information content (AvgIpc) is 2.98. The number of carbonyl (C=O) groups is 1. The molecule has 0 aliphatic heterocycles. The number of aliphatic carboxylic acids is 1. The van der Waals surface area contributed by atoms with Crippen LogP contribution >= 0.6 is 0 Å². The Morgan fingerprint density at radius 3 is 2.48 bits per heavy atom. The van der Waals surface area contributed by atoms with Crippen LogP contribution in [0.3, 0.4) is 0 Å². The van der Waals surface area contributed by atoms with Crippen molar-refractivity contribution in [2.45, 2.75) is 0 Å². The standard InChI is InChI=1S/C16H13FN4O2/c17-12-3-1-11(2-4-12)15-14(10-5-7-18-8-6-10)16(21-20-15)19-9-13(22)23/h1-8H,9H2,(H,22,23)(H2,19,20,21). The van der Waals surface area contributed by atoms with Crippen LogP contribution in [-0.2, 0) is 4.79 Å². The normalized spacial score (nSPS) is 10.5. The van der Waals surface area contributed by atoms with Gasteiger partial charge in [0.15, 0.2) is 0 Å². The first-order valence-electron chi connectivity index (χ1n) is 6.85. The highest BCUT2D eigenvalue weighted by Gasteiger charge is 2.17. The summed E-state index contributed by atoms with van der Waals surface area (Å²) in [5.74, 6) is -0.833. The highest BCUT2D eigenvalue weighted by molar-refractivity contribution is 5.89. The van der Waals surface area contributed by atoms with Gasteiger partial charge in [-0.3, -0.25) is 14.9 Å². The maximum Gasteiger partial charge on any atom is 0.322 e. The maximum atomic E-state index is 13.1. The van der Waals surface area contributed by atoms with Crippen molar-refractivity contribution >= 4 is 11.8 Å². The van der Waals surface area contributed by atoms with E-state index in [9.17, 15) is 9.18 Å². The molecule has 3 N–H and O–H groups in total. The van der Waals surface area contributed by atoms with Gasteiger partial charge in [-0.25, -0.2) is 4.39 Å². The van der Waals surface area contributed by atoms with Crippen molar-refractivity contribution in [3.05, 3.63) is 54.6 Å². The first-order valence-corrected chi connectivity index (χ1v) is 6.85. The third-order valence-corrected chi connectivity index (χ3v) is 3.27. The monoisotopic (exact) mass is 312 g/mol. The first kappa shape index (κ1) is 14.7. The second kappa shape index (κ2) is 6.27. The summed E-state index contributed by atoms with van der Waals surface area (Å²) >= 11 is 0. The Balaban J connectivity index is 2.09. The van der Waals surface area contributed by atoms with Crippen molar-refractivity contribution in [1.82, 2.24) is 15.2 Å². The van der Waals surface area contributed by atoms with Crippen LogP contribution in [0.2, 0.25) is 0 Å². The van der Waals surface area contributed by atoms with Crippen LogP contribution < -0.4 is 5.32 Å². The van der Waals surface area contributed by atoms with E-state index in [0.717, 1.165) is 11.1 Å². The number of pyridine rings is 1. The summed E-state index contributed by atoms with van der Waals surface area (Å²) in [4.78, 5) is 14.8. The third-order valence-electron chi connectivity index (χ3n) is 3.27. The number of aromatic nitrogens is 3. The molecule has 2 aromatic heterocycles. The van der Waals surface area contributed by atoms with E-state index in [1.807, 2.05) is 0 Å². The number of anilines is 1. The Morgan fingerprint density at radius 2 is 1.83 bits per heavy atom. The van der Waals surface area contributed by atoms with Gasteiger partial charge in [-0.15, -0.1) is 0 Å². The summed E-state index contributed by atoms with van der Waals surface area (Å²) < 4.78 is 13.1. The second-order valence-corrected chi connectivity index (χ2v) is 4.81. The quantitative estimate of drug-likeness (QED) is 0.674. The molecular weight excluding hydrogens is 299 g/mol. The molecule has 0 amide bonds. The molecule has 0 saturated heterocycles. The van der Waals surface area contributed by atoms with Crippen molar-refractivity contribution in [1.29, 1.82) is 0 Å². The first-order chi connectivity index (χ1) is 11.1. The number of benzene rings is 1. The van der Waals surface area contributed by atoms with Crippen molar-refractivity contribution in [3.63, 3.8) is 0 Å². The summed E-state index contributed by atoms with van der Waals surface area (Å²) in [6.45, 7) is -0.247. The number of rotatable bonds is 5. The molecule has 3 aromatic rings. The highest BCUT2D eigenvalue weighted by Crippen LogP contribution is 2.35. The minimum absolute atomic E-state index is 0.247. The van der Waals surface area contributed by atoms with Gasteiger partial charge in [0.2, 0.25) is 0 Å². The van der Waals surface area contributed by atoms with Crippen LogP contribution in [-0.4, -0.2) is 32.8 Å². The van der Waals surface area contributed by atoms with E-state index < -0.39 is 5.97 Å². The summed E-state index contributed by atoms with van der Waals surface area (Å²) in [5, 5.41) is 18.7. The zero-order valence-electron chi connectivity index (χ0n) is 12.0. The third kappa shape index (κ3) is 3.18. The lowest BCUT2D eigenvalue weighted by atomic mass is 10.0. The molecule has 0 aliphatic rings. The topological polar surface area (TPSA) is 90.9 Å². The SMILES string of the molecule is O=C(O)CNc1[nH]nc(-c2ccc(F)cc2)c1-c1ccncc1. The average molecular weight is 312 g/mol. The lowest BCUT2D eigenvalue weighted by Gasteiger charge is -2.07. The van der Waals surface area contributed by atoms with Gasteiger partial charge < -0.3 is 10.4 Å². The van der Waals surface area contributed by atoms with Crippen molar-refractivity contribution in [3.8, 4) is 22.4 Å². The number of hydrogen-bond donors (Lipinski definition) is 3. The highest BCUT2D eigenvalue weighted by atomic mass is 19.1. The Kier molecular flexibility index (Phi) is 4.01. The number of H-pyrrole nitrogens is 1. The van der Waals surface area contributed by atoms with Crippen LogP contribution in [0.5, 0.6) is 0 Å². The lowest BCUT2D eigenvalue weighted by Crippen LogP contribution is -2.13. The van der Waals surface area contributed by atoms with Gasteiger partial charge in [0.1, 0.15) is 23.9 Å². The number of hydrogen-bond acceptors (Lipinski definition) is 4. The van der Waals surface area contributed by atoms with E-state index in [2.05, 4.69) is 20.5 Å². The van der Waals surface area contributed by atoms with Crippen LogP contribution in [0.4, 0.5) is 10.2 Å². The molecule has 2 heterocycles. The molecular formula is C16H13FN4O2. The predicted molar refractivity (Wildman–Crippen MR) is 83.3 cm³/mol. The van der Waals surface area contributed by atoms with Gasteiger partial charge in [0, 0.05) is 18.0 Å². The van der Waals surface area contributed by atoms with Gasteiger partial charge in [-0.1, -0.05) is 0 Å². The molecule has 0 atom stereocenters. The van der Waals surface area contributed by atoms with E-state index in [1.165, 1.54) is 12.1 Å². The molecule has 0 saturated carbocycles. The van der Waals surface area contributed by atoms with Crippen LogP contribution in [0.1, 0.15) is 0 Å². The molecule has 0 fully saturated rings. The molecule has 0 aliphatic carbocycles. The minimum Gasteiger partial charge on any atom is -0.480 e. The number of carboxylic acids is 1. The summed E-state index contributed by atoms with van der Waals surface area (Å²) in [6.07, 6.45) is 3.27. The number of nitrogens with zero attached hydrogens (tertiary/aromatic N) is 2. The Morgan fingerprint density at radius 1 is 1.13 bits per heavy atom. The molecule has 1 aromatic carbocycles. The molecule has 0 bridgehead atoms. The lowest BCUT2D eigenvalue weighted by molar-refractivity contribution is -0.134. The predicted octanol–water partition coefficient (Wildman–Crippen LogP) is 2.77. The summed E-state index contributed by atoms with van der Waals surface area (Å²) in [5.41, 5.74) is 2.85. The summed E-state index contributed by atoms with van der Waals surface area (Å²) in [6, 6.07) is 9.54. The summed E-state index contributed by atoms with van der Waals surface area (Å²) in [7, 11) is 0. The van der Waals surface area contributed by atoms with Gasteiger partial charge >= 0.3 is 5.97 Å². The van der Waals surface area contributed by atoms with Gasteiger partial charge in [0.25, 0.3) is 0 Å². The number of aromatic amines is 1. The molecule has 0 radical (unpaired) electrons. The zero-order chi connectivity index (χ0) is 16.2. The fraction of sp³-hybridized carbons (Fsp3) is 0.0625. The van der Waals surface area contributed by atoms with E-state index in [1.54, 1.807) is 36.7 Å². The maximum absolute atomic E-state index is 13.1. The fourth-order valence-electron chi connectivity index (χ4n) is 2.25. The zero-order valence-corrected chi connectivity index (χ0v) is 12.0. The molecule has 0 unspecified atom stereocenters. The van der Waals surface area contributed by atoms with E-state index in [4.69, 9.17) is 5.11 Å². The van der Waals surface area contributed by atoms with Gasteiger partial charge in [0.05, 0.1) is 5.56 Å². The number of halogens is 1. The van der Waals surface area contributed by atoms with E-state index in [-0.39, 0.29) is 12.4 Å². The fourth-order valence-corrected chi connectivity index (χ4v) is 2.25. The largest absolute Gasteiger partial charge is 0.480 e. The molecule has 23 heavy (non-hydrogen) atoms. The van der Waals surface area contributed by atoms with Crippen molar-refractivity contribution in [2.75, 3.05) is 11.9 Å². The molecule has 6 nitrogen and oxygen atoms in total. The van der Waals surface area contributed by atoms with Crippen LogP contribution in [0.15, 0.2) is 48.8 Å². The Hall–Kier alpha value is -3.22. The van der Waals surface area contributed by atoms with Crippen LogP contribution in [0, 0.1) is 5.82 Å². The molecule has 116 valence electrons. The van der Waals surface area contributed by atoms with Crippen molar-refractivity contribution < 1.29 is 14.3 Å². The Labute approximate surface area is 131 Å². The number of carboxylic acid groups (broad SMARTS) is 1. The molecule has 7 heteroatoms. The van der Waals surface area contributed by atoms with E-state index in [0.29, 0.717) is 17.1 Å². The minimum atomic E-state index is -0.983. The Bertz CT molecular complexity index is 816. The second-order valence-electron chi connectivity index (χ2n) is 4.81. The van der Waals surface area contributed by atoms with Gasteiger partial charge in [-0.2, -0.15) is 5.10 Å². The van der Waals surface area contributed by atoms with Crippen LogP contribution in [0.25, 0.3) is 22.4 Å². The smallest absolute Gasteiger partial charge is 0.322 e.